The van der Waals surface area contributed by atoms with Crippen molar-refractivity contribution >= 4 is 27.9 Å². The van der Waals surface area contributed by atoms with E-state index in [4.69, 9.17) is 4.74 Å². The van der Waals surface area contributed by atoms with Crippen LogP contribution in [0.2, 0.25) is 0 Å². The van der Waals surface area contributed by atoms with E-state index in [0.717, 1.165) is 18.2 Å². The van der Waals surface area contributed by atoms with Crippen molar-refractivity contribution in [1.82, 2.24) is 15.4 Å². The smallest absolute Gasteiger partial charge is 0.338 e. The average Bonchev–Trinajstić information content (AvgIpc) is 2.63. The molecule has 11 heteroatoms. The largest absolute Gasteiger partial charge is 0.452 e. The third-order valence-corrected chi connectivity index (χ3v) is 4.44. The highest BCUT2D eigenvalue weighted by molar-refractivity contribution is 7.89. The second-order valence-corrected chi connectivity index (χ2v) is 6.90. The van der Waals surface area contributed by atoms with Gasteiger partial charge in [-0.1, -0.05) is 13.0 Å². The van der Waals surface area contributed by atoms with Crippen molar-refractivity contribution < 1.29 is 31.9 Å². The quantitative estimate of drug-likeness (QED) is 0.412. The van der Waals surface area contributed by atoms with E-state index in [1.54, 1.807) is 0 Å². The van der Waals surface area contributed by atoms with Gasteiger partial charge in [-0.05, 0) is 24.6 Å². The number of esters is 1. The fourth-order valence-electron chi connectivity index (χ4n) is 1.74. The van der Waals surface area contributed by atoms with Crippen molar-refractivity contribution in [3.05, 3.63) is 42.2 Å². The van der Waals surface area contributed by atoms with Crippen LogP contribution in [-0.4, -0.2) is 46.0 Å². The van der Waals surface area contributed by atoms with Gasteiger partial charge in [0.15, 0.2) is 6.61 Å². The maximum absolute atomic E-state index is 13.8. The number of urea groups is 1. The number of amides is 3. The molecule has 0 fully saturated rings. The molecule has 3 amide bonds. The Kier molecular flexibility index (Phi) is 8.56. The highest BCUT2D eigenvalue weighted by Gasteiger charge is 2.21. The summed E-state index contributed by atoms with van der Waals surface area (Å²) in [4.78, 5) is 34.0. The normalized spacial score (nSPS) is 10.7. The SMILES string of the molecule is C=CCNS(=O)(=O)c1cc(C(=O)OCC(=O)NC(=O)NCCC)ccc1F. The number of hydrogen-bond donors (Lipinski definition) is 3. The zero-order chi connectivity index (χ0) is 20.4. The molecule has 0 aliphatic heterocycles. The van der Waals surface area contributed by atoms with E-state index in [2.05, 4.69) is 16.6 Å². The predicted octanol–water partition coefficient (Wildman–Crippen LogP) is 0.683. The highest BCUT2D eigenvalue weighted by atomic mass is 32.2. The Balaban J connectivity index is 2.76. The van der Waals surface area contributed by atoms with Crippen LogP contribution in [0.3, 0.4) is 0 Å². The minimum atomic E-state index is -4.20. The van der Waals surface area contributed by atoms with Gasteiger partial charge in [0.1, 0.15) is 10.7 Å². The molecule has 9 nitrogen and oxygen atoms in total. The molecule has 3 N–H and O–H groups in total. The summed E-state index contributed by atoms with van der Waals surface area (Å²) in [7, 11) is -4.20. The van der Waals surface area contributed by atoms with Gasteiger partial charge >= 0.3 is 12.0 Å². The molecule has 1 rings (SSSR count). The Morgan fingerprint density at radius 2 is 2.00 bits per heavy atom. The van der Waals surface area contributed by atoms with Crippen LogP contribution < -0.4 is 15.4 Å². The van der Waals surface area contributed by atoms with Gasteiger partial charge in [-0.25, -0.2) is 27.1 Å². The van der Waals surface area contributed by atoms with Crippen LogP contribution in [0.25, 0.3) is 0 Å². The Morgan fingerprint density at radius 3 is 2.63 bits per heavy atom. The van der Waals surface area contributed by atoms with Gasteiger partial charge in [-0.2, -0.15) is 0 Å². The lowest BCUT2D eigenvalue weighted by atomic mass is 10.2. The summed E-state index contributed by atoms with van der Waals surface area (Å²) in [6, 6.07) is 1.85. The minimum Gasteiger partial charge on any atom is -0.452 e. The number of ether oxygens (including phenoxy) is 1. The number of benzene rings is 1. The van der Waals surface area contributed by atoms with E-state index in [0.29, 0.717) is 13.0 Å². The predicted molar refractivity (Wildman–Crippen MR) is 93.9 cm³/mol. The minimum absolute atomic E-state index is 0.128. The van der Waals surface area contributed by atoms with Gasteiger partial charge in [-0.15, -0.1) is 6.58 Å². The third kappa shape index (κ3) is 7.15. The molecule has 1 aromatic carbocycles. The van der Waals surface area contributed by atoms with Crippen molar-refractivity contribution in [2.45, 2.75) is 18.2 Å². The molecular weight excluding hydrogens is 381 g/mol. The van der Waals surface area contributed by atoms with E-state index >= 15 is 0 Å². The molecule has 0 heterocycles. The standard InChI is InChI=1S/C16H20FN3O6S/c1-3-7-18-16(23)20-14(21)10-26-15(22)11-5-6-12(17)13(9-11)27(24,25)19-8-4-2/h4-6,9,19H,2-3,7-8,10H2,1H3,(H2,18,20,21,23). The Labute approximate surface area is 156 Å². The van der Waals surface area contributed by atoms with E-state index in [1.165, 1.54) is 6.08 Å². The number of halogens is 1. The van der Waals surface area contributed by atoms with Gasteiger partial charge in [0, 0.05) is 13.1 Å². The third-order valence-electron chi connectivity index (χ3n) is 3.00. The summed E-state index contributed by atoms with van der Waals surface area (Å²) < 4.78 is 44.6. The molecule has 27 heavy (non-hydrogen) atoms. The number of nitrogens with one attached hydrogen (secondary N) is 3. The van der Waals surface area contributed by atoms with Gasteiger partial charge in [0.25, 0.3) is 5.91 Å². The highest BCUT2D eigenvalue weighted by Crippen LogP contribution is 2.17. The van der Waals surface area contributed by atoms with Crippen LogP contribution in [0.5, 0.6) is 0 Å². The number of sulfonamides is 1. The van der Waals surface area contributed by atoms with Crippen LogP contribution in [-0.2, 0) is 19.6 Å². The first-order valence-corrected chi connectivity index (χ1v) is 9.34. The topological polar surface area (TPSA) is 131 Å². The molecule has 0 saturated heterocycles. The van der Waals surface area contributed by atoms with Crippen LogP contribution in [0, 0.1) is 5.82 Å². The number of carbonyl (C=O) groups is 3. The zero-order valence-corrected chi connectivity index (χ0v) is 15.4. The van der Waals surface area contributed by atoms with Crippen molar-refractivity contribution in [3.63, 3.8) is 0 Å². The van der Waals surface area contributed by atoms with Crippen LogP contribution in [0.1, 0.15) is 23.7 Å². The second kappa shape index (κ2) is 10.4. The molecule has 0 atom stereocenters. The lowest BCUT2D eigenvalue weighted by Gasteiger charge is -2.09. The fraction of sp³-hybridized carbons (Fsp3) is 0.312. The molecule has 0 bridgehead atoms. The maximum Gasteiger partial charge on any atom is 0.338 e. The van der Waals surface area contributed by atoms with E-state index < -0.39 is 45.3 Å². The molecule has 0 unspecified atom stereocenters. The molecule has 0 aliphatic carbocycles. The Morgan fingerprint density at radius 1 is 1.30 bits per heavy atom. The second-order valence-electron chi connectivity index (χ2n) is 5.17. The van der Waals surface area contributed by atoms with E-state index in [-0.39, 0.29) is 12.1 Å². The lowest BCUT2D eigenvalue weighted by Crippen LogP contribution is -2.41. The molecule has 0 radical (unpaired) electrons. The lowest BCUT2D eigenvalue weighted by molar-refractivity contribution is -0.123. The van der Waals surface area contributed by atoms with E-state index in [9.17, 15) is 27.2 Å². The first kappa shape index (κ1) is 22.3. The van der Waals surface area contributed by atoms with Crippen LogP contribution in [0.4, 0.5) is 9.18 Å². The number of carbonyl (C=O) groups excluding carboxylic acids is 3. The Hall–Kier alpha value is -2.79. The molecule has 0 spiro atoms. The summed E-state index contributed by atoms with van der Waals surface area (Å²) in [5, 5.41) is 4.34. The van der Waals surface area contributed by atoms with Gasteiger partial charge in [0.05, 0.1) is 5.56 Å². The van der Waals surface area contributed by atoms with Gasteiger partial charge < -0.3 is 10.1 Å². The zero-order valence-electron chi connectivity index (χ0n) is 14.6. The van der Waals surface area contributed by atoms with Crippen molar-refractivity contribution in [2.24, 2.45) is 0 Å². The van der Waals surface area contributed by atoms with Gasteiger partial charge in [0.2, 0.25) is 10.0 Å². The molecule has 1 aromatic rings. The van der Waals surface area contributed by atoms with Crippen LogP contribution in [0.15, 0.2) is 35.7 Å². The number of hydrogen-bond acceptors (Lipinski definition) is 6. The van der Waals surface area contributed by atoms with E-state index in [1.807, 2.05) is 12.2 Å². The summed E-state index contributed by atoms with van der Waals surface area (Å²) in [5.74, 6) is -2.99. The molecule has 0 saturated carbocycles. The number of rotatable bonds is 9. The Bertz CT molecular complexity index is 825. The first-order valence-electron chi connectivity index (χ1n) is 7.86. The average molecular weight is 401 g/mol. The van der Waals surface area contributed by atoms with Gasteiger partial charge in [-0.3, -0.25) is 10.1 Å². The van der Waals surface area contributed by atoms with Crippen LogP contribution >= 0.6 is 0 Å². The van der Waals surface area contributed by atoms with Crippen molar-refractivity contribution in [2.75, 3.05) is 19.7 Å². The fourth-order valence-corrected chi connectivity index (χ4v) is 2.84. The summed E-state index contributed by atoms with van der Waals surface area (Å²) in [6.07, 6.45) is 1.94. The first-order chi connectivity index (χ1) is 12.7. The maximum atomic E-state index is 13.8. The van der Waals surface area contributed by atoms with Crippen molar-refractivity contribution in [3.8, 4) is 0 Å². The molecule has 148 valence electrons. The molecular formula is C16H20FN3O6S. The number of imide groups is 1. The summed E-state index contributed by atoms with van der Waals surface area (Å²) in [5.41, 5.74) is -0.279. The summed E-state index contributed by atoms with van der Waals surface area (Å²) in [6.45, 7) is 4.64. The van der Waals surface area contributed by atoms with Crippen molar-refractivity contribution in [1.29, 1.82) is 0 Å². The monoisotopic (exact) mass is 401 g/mol. The summed E-state index contributed by atoms with van der Waals surface area (Å²) >= 11 is 0. The molecule has 0 aromatic heterocycles. The molecule has 0 aliphatic rings.